The summed E-state index contributed by atoms with van der Waals surface area (Å²) in [7, 11) is 0. The van der Waals surface area contributed by atoms with Crippen molar-refractivity contribution in [1.82, 2.24) is 4.90 Å². The Hall–Kier alpha value is -2.37. The Bertz CT molecular complexity index is 839. The van der Waals surface area contributed by atoms with Crippen molar-refractivity contribution in [2.24, 2.45) is 0 Å². The van der Waals surface area contributed by atoms with Crippen molar-refractivity contribution in [1.29, 1.82) is 0 Å². The molecule has 0 fully saturated rings. The quantitative estimate of drug-likeness (QED) is 0.849. The molecule has 122 valence electrons. The van der Waals surface area contributed by atoms with E-state index in [0.29, 0.717) is 5.69 Å². The highest BCUT2D eigenvalue weighted by atomic mass is 35.5. The van der Waals surface area contributed by atoms with Gasteiger partial charge in [-0.1, -0.05) is 35.3 Å². The SMILES string of the molecule is Cc1cccc(NC(=O)CN2C(=O)c3cc(Cl)c(Cl)cc3C2=O)c1. The minimum absolute atomic E-state index is 0.151. The molecule has 3 rings (SSSR count). The molecule has 1 heterocycles. The maximum Gasteiger partial charge on any atom is 0.262 e. The third kappa shape index (κ3) is 3.00. The van der Waals surface area contributed by atoms with Crippen molar-refractivity contribution in [3.8, 4) is 0 Å². The fourth-order valence-electron chi connectivity index (χ4n) is 2.49. The number of hydrogen-bond acceptors (Lipinski definition) is 3. The molecule has 0 spiro atoms. The number of imide groups is 1. The highest BCUT2D eigenvalue weighted by molar-refractivity contribution is 6.43. The lowest BCUT2D eigenvalue weighted by Gasteiger charge is -2.13. The Morgan fingerprint density at radius 3 is 2.17 bits per heavy atom. The number of halogens is 2. The fourth-order valence-corrected chi connectivity index (χ4v) is 2.82. The molecule has 2 aromatic carbocycles. The molecule has 0 aliphatic carbocycles. The van der Waals surface area contributed by atoms with E-state index >= 15 is 0 Å². The van der Waals surface area contributed by atoms with E-state index in [9.17, 15) is 14.4 Å². The van der Waals surface area contributed by atoms with Crippen molar-refractivity contribution in [2.75, 3.05) is 11.9 Å². The largest absolute Gasteiger partial charge is 0.325 e. The molecular weight excluding hydrogens is 351 g/mol. The van der Waals surface area contributed by atoms with Crippen LogP contribution in [0.3, 0.4) is 0 Å². The number of nitrogens with zero attached hydrogens (tertiary/aromatic N) is 1. The van der Waals surface area contributed by atoms with E-state index in [-0.39, 0.29) is 27.7 Å². The number of carbonyl (C=O) groups excluding carboxylic acids is 3. The zero-order valence-electron chi connectivity index (χ0n) is 12.6. The van der Waals surface area contributed by atoms with Crippen LogP contribution in [0, 0.1) is 6.92 Å². The van der Waals surface area contributed by atoms with Gasteiger partial charge in [-0.25, -0.2) is 0 Å². The fraction of sp³-hybridized carbons (Fsp3) is 0.118. The number of hydrogen-bond donors (Lipinski definition) is 1. The number of fused-ring (bicyclic) bond motifs is 1. The van der Waals surface area contributed by atoms with E-state index < -0.39 is 17.7 Å². The summed E-state index contributed by atoms with van der Waals surface area (Å²) < 4.78 is 0. The van der Waals surface area contributed by atoms with Crippen LogP contribution in [-0.4, -0.2) is 29.2 Å². The maximum absolute atomic E-state index is 12.3. The zero-order valence-corrected chi connectivity index (χ0v) is 14.1. The molecular formula is C17H12Cl2N2O3. The van der Waals surface area contributed by atoms with Crippen molar-refractivity contribution in [3.63, 3.8) is 0 Å². The number of nitrogens with one attached hydrogen (secondary N) is 1. The summed E-state index contributed by atoms with van der Waals surface area (Å²) in [5.74, 6) is -1.59. The molecule has 0 radical (unpaired) electrons. The lowest BCUT2D eigenvalue weighted by Crippen LogP contribution is -2.37. The number of amides is 3. The monoisotopic (exact) mass is 362 g/mol. The first-order chi connectivity index (χ1) is 11.4. The molecule has 0 bridgehead atoms. The van der Waals surface area contributed by atoms with E-state index in [0.717, 1.165) is 10.5 Å². The summed E-state index contributed by atoms with van der Waals surface area (Å²) in [6.07, 6.45) is 0. The lowest BCUT2D eigenvalue weighted by atomic mass is 10.1. The van der Waals surface area contributed by atoms with Crippen LogP contribution >= 0.6 is 23.2 Å². The van der Waals surface area contributed by atoms with Crippen LogP contribution in [0.5, 0.6) is 0 Å². The van der Waals surface area contributed by atoms with Crippen molar-refractivity contribution in [3.05, 3.63) is 63.1 Å². The van der Waals surface area contributed by atoms with Crippen LogP contribution < -0.4 is 5.32 Å². The average Bonchev–Trinajstić information content (AvgIpc) is 2.73. The predicted octanol–water partition coefficient (Wildman–Crippen LogP) is 3.54. The molecule has 1 aliphatic heterocycles. The molecule has 0 saturated heterocycles. The minimum atomic E-state index is -0.562. The Labute approximate surface area is 148 Å². The normalized spacial score (nSPS) is 13.2. The first-order valence-corrected chi connectivity index (χ1v) is 7.84. The molecule has 1 aliphatic rings. The van der Waals surface area contributed by atoms with Crippen LogP contribution in [0.25, 0.3) is 0 Å². The van der Waals surface area contributed by atoms with Crippen LogP contribution in [-0.2, 0) is 4.79 Å². The van der Waals surface area contributed by atoms with Crippen molar-refractivity contribution >= 4 is 46.6 Å². The molecule has 2 aromatic rings. The third-order valence-electron chi connectivity index (χ3n) is 3.62. The number of anilines is 1. The highest BCUT2D eigenvalue weighted by Gasteiger charge is 2.37. The van der Waals surface area contributed by atoms with Crippen molar-refractivity contribution < 1.29 is 14.4 Å². The Balaban J connectivity index is 1.78. The number of carbonyl (C=O) groups is 3. The van der Waals surface area contributed by atoms with Crippen LogP contribution in [0.4, 0.5) is 5.69 Å². The Kier molecular flexibility index (Phi) is 4.30. The second kappa shape index (κ2) is 6.26. The predicted molar refractivity (Wildman–Crippen MR) is 91.6 cm³/mol. The summed E-state index contributed by atoms with van der Waals surface area (Å²) in [6, 6.07) is 9.91. The second-order valence-corrected chi connectivity index (χ2v) is 6.24. The Morgan fingerprint density at radius 1 is 1.04 bits per heavy atom. The first kappa shape index (κ1) is 16.5. The van der Waals surface area contributed by atoms with Gasteiger partial charge < -0.3 is 5.32 Å². The molecule has 0 saturated carbocycles. The van der Waals surface area contributed by atoms with E-state index in [1.54, 1.807) is 18.2 Å². The molecule has 7 heteroatoms. The van der Waals surface area contributed by atoms with E-state index in [1.165, 1.54) is 12.1 Å². The summed E-state index contributed by atoms with van der Waals surface area (Å²) in [6.45, 7) is 1.52. The summed E-state index contributed by atoms with van der Waals surface area (Å²) in [5.41, 5.74) is 1.89. The third-order valence-corrected chi connectivity index (χ3v) is 4.34. The Morgan fingerprint density at radius 2 is 1.62 bits per heavy atom. The molecule has 5 nitrogen and oxygen atoms in total. The van der Waals surface area contributed by atoms with Crippen LogP contribution in [0.2, 0.25) is 10.0 Å². The van der Waals surface area contributed by atoms with Gasteiger partial charge in [-0.15, -0.1) is 0 Å². The molecule has 0 unspecified atom stereocenters. The van der Waals surface area contributed by atoms with Gasteiger partial charge in [0.1, 0.15) is 6.54 Å². The van der Waals surface area contributed by atoms with Crippen LogP contribution in [0.15, 0.2) is 36.4 Å². The standard InChI is InChI=1S/C17H12Cl2N2O3/c1-9-3-2-4-10(5-9)20-15(22)8-21-16(23)11-6-13(18)14(19)7-12(11)17(21)24/h2-7H,8H2,1H3,(H,20,22). The summed E-state index contributed by atoms with van der Waals surface area (Å²) in [4.78, 5) is 37.7. The van der Waals surface area contributed by atoms with Gasteiger partial charge in [0.15, 0.2) is 0 Å². The van der Waals surface area contributed by atoms with Gasteiger partial charge in [-0.3, -0.25) is 19.3 Å². The number of benzene rings is 2. The zero-order chi connectivity index (χ0) is 17.4. The minimum Gasteiger partial charge on any atom is -0.325 e. The number of rotatable bonds is 3. The van der Waals surface area contributed by atoms with E-state index in [4.69, 9.17) is 23.2 Å². The smallest absolute Gasteiger partial charge is 0.262 e. The van der Waals surface area contributed by atoms with E-state index in [1.807, 2.05) is 13.0 Å². The van der Waals surface area contributed by atoms with E-state index in [2.05, 4.69) is 5.32 Å². The van der Waals surface area contributed by atoms with Gasteiger partial charge in [0, 0.05) is 5.69 Å². The van der Waals surface area contributed by atoms with Gasteiger partial charge in [0.05, 0.1) is 21.2 Å². The number of aryl methyl sites for hydroxylation is 1. The van der Waals surface area contributed by atoms with Crippen LogP contribution in [0.1, 0.15) is 26.3 Å². The molecule has 3 amide bonds. The van der Waals surface area contributed by atoms with Gasteiger partial charge in [0.25, 0.3) is 11.8 Å². The molecule has 0 atom stereocenters. The maximum atomic E-state index is 12.3. The summed E-state index contributed by atoms with van der Waals surface area (Å²) in [5, 5.41) is 3.03. The van der Waals surface area contributed by atoms with Gasteiger partial charge in [-0.2, -0.15) is 0 Å². The topological polar surface area (TPSA) is 66.5 Å². The molecule has 0 aromatic heterocycles. The van der Waals surface area contributed by atoms with Gasteiger partial charge in [-0.05, 0) is 36.8 Å². The molecule has 1 N–H and O–H groups in total. The second-order valence-electron chi connectivity index (χ2n) is 5.43. The first-order valence-electron chi connectivity index (χ1n) is 7.08. The molecule has 24 heavy (non-hydrogen) atoms. The lowest BCUT2D eigenvalue weighted by molar-refractivity contribution is -0.116. The van der Waals surface area contributed by atoms with Gasteiger partial charge in [0.2, 0.25) is 5.91 Å². The van der Waals surface area contributed by atoms with Crippen molar-refractivity contribution in [2.45, 2.75) is 6.92 Å². The average molecular weight is 363 g/mol. The summed E-state index contributed by atoms with van der Waals surface area (Å²) >= 11 is 11.8. The van der Waals surface area contributed by atoms with Gasteiger partial charge >= 0.3 is 0 Å². The highest BCUT2D eigenvalue weighted by Crippen LogP contribution is 2.31.